The van der Waals surface area contributed by atoms with Crippen LogP contribution in [0.2, 0.25) is 0 Å². The number of benzene rings is 1. The van der Waals surface area contributed by atoms with E-state index in [0.29, 0.717) is 6.61 Å². The van der Waals surface area contributed by atoms with E-state index in [1.807, 2.05) is 24.3 Å². The van der Waals surface area contributed by atoms with Crippen LogP contribution in [-0.2, 0) is 11.3 Å². The summed E-state index contributed by atoms with van der Waals surface area (Å²) >= 11 is 0. The van der Waals surface area contributed by atoms with E-state index in [1.165, 1.54) is 0 Å². The average molecular weight is 344 g/mol. The Labute approximate surface area is 142 Å². The van der Waals surface area contributed by atoms with Crippen molar-refractivity contribution in [3.8, 4) is 5.75 Å². The summed E-state index contributed by atoms with van der Waals surface area (Å²) in [5.41, 5.74) is 0.871. The molecule has 1 rings (SSSR count). The number of hydrogen-bond acceptors (Lipinski definition) is 7. The zero-order valence-corrected chi connectivity index (χ0v) is 13.9. The SMILES string of the molecule is CCCCOc1ccc(COCC(O)C(O)C(O)C(O)CO)cc1. The van der Waals surface area contributed by atoms with E-state index < -0.39 is 31.0 Å². The second-order valence-electron chi connectivity index (χ2n) is 5.66. The van der Waals surface area contributed by atoms with Gasteiger partial charge in [-0.05, 0) is 24.1 Å². The van der Waals surface area contributed by atoms with Crippen molar-refractivity contribution < 1.29 is 35.0 Å². The Hall–Kier alpha value is -1.22. The van der Waals surface area contributed by atoms with Crippen LogP contribution in [0.5, 0.6) is 5.75 Å². The zero-order valence-electron chi connectivity index (χ0n) is 13.9. The summed E-state index contributed by atoms with van der Waals surface area (Å²) in [6, 6.07) is 7.35. The number of hydrogen-bond donors (Lipinski definition) is 5. The van der Waals surface area contributed by atoms with Crippen molar-refractivity contribution in [2.24, 2.45) is 0 Å². The maximum absolute atomic E-state index is 9.73. The first-order chi connectivity index (χ1) is 11.5. The molecule has 24 heavy (non-hydrogen) atoms. The maximum Gasteiger partial charge on any atom is 0.119 e. The fourth-order valence-corrected chi connectivity index (χ4v) is 1.98. The van der Waals surface area contributed by atoms with Gasteiger partial charge in [0.25, 0.3) is 0 Å². The van der Waals surface area contributed by atoms with Crippen molar-refractivity contribution in [1.29, 1.82) is 0 Å². The van der Waals surface area contributed by atoms with E-state index in [4.69, 9.17) is 14.6 Å². The molecule has 1 aromatic carbocycles. The molecule has 0 amide bonds. The van der Waals surface area contributed by atoms with Crippen LogP contribution in [0.4, 0.5) is 0 Å². The van der Waals surface area contributed by atoms with Crippen molar-refractivity contribution in [3.63, 3.8) is 0 Å². The second-order valence-corrected chi connectivity index (χ2v) is 5.66. The molecule has 5 N–H and O–H groups in total. The van der Waals surface area contributed by atoms with Crippen molar-refractivity contribution in [2.45, 2.75) is 50.8 Å². The Morgan fingerprint density at radius 2 is 1.58 bits per heavy atom. The lowest BCUT2D eigenvalue weighted by atomic mass is 10.0. The summed E-state index contributed by atoms with van der Waals surface area (Å²) in [6.07, 6.45) is -4.08. The predicted octanol–water partition coefficient (Wildman–Crippen LogP) is -0.182. The topological polar surface area (TPSA) is 120 Å². The summed E-state index contributed by atoms with van der Waals surface area (Å²) in [7, 11) is 0. The molecule has 0 aliphatic carbocycles. The van der Waals surface area contributed by atoms with Gasteiger partial charge in [0.1, 0.15) is 30.2 Å². The van der Waals surface area contributed by atoms with Crippen LogP contribution >= 0.6 is 0 Å². The van der Waals surface area contributed by atoms with Gasteiger partial charge in [-0.2, -0.15) is 0 Å². The molecular weight excluding hydrogens is 316 g/mol. The van der Waals surface area contributed by atoms with Crippen molar-refractivity contribution in [1.82, 2.24) is 0 Å². The lowest BCUT2D eigenvalue weighted by molar-refractivity contribution is -0.130. The molecule has 0 aliphatic heterocycles. The zero-order chi connectivity index (χ0) is 17.9. The monoisotopic (exact) mass is 344 g/mol. The number of aliphatic hydroxyl groups is 5. The van der Waals surface area contributed by atoms with Crippen LogP contribution in [0.1, 0.15) is 25.3 Å². The molecule has 1 aromatic rings. The first-order valence-corrected chi connectivity index (χ1v) is 8.12. The first-order valence-electron chi connectivity index (χ1n) is 8.12. The van der Waals surface area contributed by atoms with Gasteiger partial charge in [0, 0.05) is 0 Å². The fraction of sp³-hybridized carbons (Fsp3) is 0.647. The smallest absolute Gasteiger partial charge is 0.119 e. The second kappa shape index (κ2) is 11.4. The van der Waals surface area contributed by atoms with Gasteiger partial charge in [-0.15, -0.1) is 0 Å². The molecule has 7 nitrogen and oxygen atoms in total. The van der Waals surface area contributed by atoms with Crippen LogP contribution < -0.4 is 4.74 Å². The predicted molar refractivity (Wildman–Crippen MR) is 87.6 cm³/mol. The van der Waals surface area contributed by atoms with Crippen LogP contribution in [0.25, 0.3) is 0 Å². The Morgan fingerprint density at radius 1 is 0.958 bits per heavy atom. The van der Waals surface area contributed by atoms with Gasteiger partial charge in [0.2, 0.25) is 0 Å². The molecule has 138 valence electrons. The molecule has 4 atom stereocenters. The molecule has 0 saturated carbocycles. The highest BCUT2D eigenvalue weighted by atomic mass is 16.5. The van der Waals surface area contributed by atoms with Gasteiger partial charge in [-0.25, -0.2) is 0 Å². The number of unbranched alkanes of at least 4 members (excludes halogenated alkanes) is 1. The number of rotatable bonds is 12. The number of ether oxygens (including phenoxy) is 2. The van der Waals surface area contributed by atoms with Crippen molar-refractivity contribution in [3.05, 3.63) is 29.8 Å². The first kappa shape index (κ1) is 20.8. The van der Waals surface area contributed by atoms with E-state index >= 15 is 0 Å². The molecule has 0 fully saturated rings. The van der Waals surface area contributed by atoms with Gasteiger partial charge < -0.3 is 35.0 Å². The molecule has 0 radical (unpaired) electrons. The molecular formula is C17H28O7. The van der Waals surface area contributed by atoms with Gasteiger partial charge in [-0.1, -0.05) is 25.5 Å². The van der Waals surface area contributed by atoms with Gasteiger partial charge in [0.15, 0.2) is 0 Å². The van der Waals surface area contributed by atoms with Crippen LogP contribution in [0, 0.1) is 0 Å². The Bertz CT molecular complexity index is 437. The van der Waals surface area contributed by atoms with E-state index in [9.17, 15) is 20.4 Å². The summed E-state index contributed by atoms with van der Waals surface area (Å²) in [5, 5.41) is 46.8. The molecule has 0 heterocycles. The minimum Gasteiger partial charge on any atom is -0.494 e. The average Bonchev–Trinajstić information content (AvgIpc) is 2.61. The Morgan fingerprint density at radius 3 is 2.17 bits per heavy atom. The Kier molecular flexibility index (Phi) is 9.85. The molecule has 0 spiro atoms. The number of aliphatic hydroxyl groups excluding tert-OH is 5. The summed E-state index contributed by atoms with van der Waals surface area (Å²) in [6.45, 7) is 2.07. The molecule has 7 heteroatoms. The highest BCUT2D eigenvalue weighted by Crippen LogP contribution is 2.14. The standard InChI is InChI=1S/C17H28O7/c1-2-3-8-24-13-6-4-12(5-7-13)10-23-11-15(20)17(22)16(21)14(19)9-18/h4-7,14-22H,2-3,8-11H2,1H3. The summed E-state index contributed by atoms with van der Waals surface area (Å²) < 4.78 is 10.8. The third-order valence-corrected chi connectivity index (χ3v) is 3.57. The van der Waals surface area contributed by atoms with E-state index in [0.717, 1.165) is 24.2 Å². The molecule has 0 aromatic heterocycles. The van der Waals surface area contributed by atoms with E-state index in [2.05, 4.69) is 6.92 Å². The minimum absolute atomic E-state index is 0.217. The summed E-state index contributed by atoms with van der Waals surface area (Å²) in [5.74, 6) is 0.781. The highest BCUT2D eigenvalue weighted by molar-refractivity contribution is 5.26. The molecule has 4 unspecified atom stereocenters. The van der Waals surface area contributed by atoms with Crippen LogP contribution in [0.15, 0.2) is 24.3 Å². The largest absolute Gasteiger partial charge is 0.494 e. The highest BCUT2D eigenvalue weighted by Gasteiger charge is 2.29. The maximum atomic E-state index is 9.73. The van der Waals surface area contributed by atoms with Crippen molar-refractivity contribution >= 4 is 0 Å². The van der Waals surface area contributed by atoms with Crippen molar-refractivity contribution in [2.75, 3.05) is 19.8 Å². The third-order valence-electron chi connectivity index (χ3n) is 3.57. The van der Waals surface area contributed by atoms with Gasteiger partial charge >= 0.3 is 0 Å². The third kappa shape index (κ3) is 7.12. The Balaban J connectivity index is 2.33. The molecule has 0 saturated heterocycles. The van der Waals surface area contributed by atoms with Gasteiger partial charge in [0.05, 0.1) is 26.4 Å². The van der Waals surface area contributed by atoms with Crippen LogP contribution in [0.3, 0.4) is 0 Å². The minimum atomic E-state index is -1.65. The molecule has 0 aliphatic rings. The lowest BCUT2D eigenvalue weighted by Gasteiger charge is -2.25. The van der Waals surface area contributed by atoms with E-state index in [1.54, 1.807) is 0 Å². The molecule has 0 bridgehead atoms. The summed E-state index contributed by atoms with van der Waals surface area (Å²) in [4.78, 5) is 0. The quantitative estimate of drug-likeness (QED) is 0.334. The van der Waals surface area contributed by atoms with Gasteiger partial charge in [-0.3, -0.25) is 0 Å². The fourth-order valence-electron chi connectivity index (χ4n) is 1.98. The van der Waals surface area contributed by atoms with Crippen LogP contribution in [-0.4, -0.2) is 69.8 Å². The normalized spacial score (nSPS) is 16.4. The van der Waals surface area contributed by atoms with E-state index in [-0.39, 0.29) is 13.2 Å². The lowest BCUT2D eigenvalue weighted by Crippen LogP contribution is -2.47.